The topological polar surface area (TPSA) is 3.24 Å². The first-order valence-corrected chi connectivity index (χ1v) is 28.2. The van der Waals surface area contributed by atoms with E-state index in [0.717, 1.165) is 17.1 Å². The van der Waals surface area contributed by atoms with Gasteiger partial charge in [0.1, 0.15) is 0 Å². The number of benzene rings is 13. The summed E-state index contributed by atoms with van der Waals surface area (Å²) in [5.74, 6) is 0. The normalized spacial score (nSPS) is 14.6. The summed E-state index contributed by atoms with van der Waals surface area (Å²) in [5.41, 5.74) is 30.3. The molecule has 1 atom stereocenters. The summed E-state index contributed by atoms with van der Waals surface area (Å²) >= 11 is 0. The van der Waals surface area contributed by atoms with Crippen LogP contribution in [0.25, 0.3) is 77.9 Å². The largest absolute Gasteiger partial charge is 0.311 e. The highest BCUT2D eigenvalue weighted by molar-refractivity contribution is 6.01. The van der Waals surface area contributed by atoms with Crippen LogP contribution in [0.5, 0.6) is 0 Å². The van der Waals surface area contributed by atoms with Gasteiger partial charge in [0.2, 0.25) is 0 Å². The maximum Gasteiger partial charge on any atom is 0.0725 e. The minimum atomic E-state index is -0.469. The molecular formula is C80H53N. The zero-order chi connectivity index (χ0) is 53.5. The monoisotopic (exact) mass is 1030 g/mol. The molecule has 0 aliphatic heterocycles. The van der Waals surface area contributed by atoms with Gasteiger partial charge >= 0.3 is 0 Å². The molecule has 0 saturated carbocycles. The molecular weight excluding hydrogens is 975 g/mol. The van der Waals surface area contributed by atoms with Gasteiger partial charge in [-0.25, -0.2) is 0 Å². The van der Waals surface area contributed by atoms with Gasteiger partial charge in [-0.3, -0.25) is 0 Å². The second kappa shape index (κ2) is 18.7. The Morgan fingerprint density at radius 3 is 1.00 bits per heavy atom. The van der Waals surface area contributed by atoms with E-state index in [0.29, 0.717) is 0 Å². The minimum Gasteiger partial charge on any atom is -0.311 e. The molecule has 1 unspecified atom stereocenters. The van der Waals surface area contributed by atoms with Gasteiger partial charge in [-0.1, -0.05) is 279 Å². The standard InChI is InChI=1S/C80H53N/c1-5-21-54(22-6-1)56-39-46-62(47-40-56)81(63-48-41-57(42-49-63)65-32-19-37-74-77(65)69-30-14-17-35-72(69)79(74,60-25-9-3-10-26-60)61-27-11-4-12-28-61)64-50-43-58(44-51-64)66-33-20-38-75-78(66)70-31-15-18-36-73(70)80(75)71-34-16-13-29-67(71)68-52-45-59(53-76(68)80)55-23-7-2-8-24-55/h1-53H. The molecule has 81 heavy (non-hydrogen) atoms. The number of fused-ring (bicyclic) bond motifs is 13. The fourth-order valence-corrected chi connectivity index (χ4v) is 14.4. The second-order valence-corrected chi connectivity index (χ2v) is 21.8. The van der Waals surface area contributed by atoms with Gasteiger partial charge in [0, 0.05) is 17.1 Å². The summed E-state index contributed by atoms with van der Waals surface area (Å²) < 4.78 is 0. The third kappa shape index (κ3) is 6.99. The van der Waals surface area contributed by atoms with Crippen molar-refractivity contribution in [2.45, 2.75) is 10.8 Å². The van der Waals surface area contributed by atoms with Crippen LogP contribution in [-0.2, 0) is 10.8 Å². The lowest BCUT2D eigenvalue weighted by molar-refractivity contribution is 0.768. The molecule has 3 aliphatic rings. The maximum absolute atomic E-state index is 2.47. The molecule has 0 radical (unpaired) electrons. The van der Waals surface area contributed by atoms with Crippen LogP contribution < -0.4 is 4.90 Å². The first kappa shape index (κ1) is 46.7. The summed E-state index contributed by atoms with van der Waals surface area (Å²) in [6, 6.07) is 120. The van der Waals surface area contributed by atoms with Gasteiger partial charge in [-0.15, -0.1) is 0 Å². The fourth-order valence-electron chi connectivity index (χ4n) is 14.4. The van der Waals surface area contributed by atoms with Crippen LogP contribution in [0.2, 0.25) is 0 Å². The summed E-state index contributed by atoms with van der Waals surface area (Å²) in [6.07, 6.45) is 0. The second-order valence-electron chi connectivity index (χ2n) is 21.8. The van der Waals surface area contributed by atoms with Crippen molar-refractivity contribution in [2.24, 2.45) is 0 Å². The van der Waals surface area contributed by atoms with E-state index >= 15 is 0 Å². The van der Waals surface area contributed by atoms with Crippen LogP contribution in [0, 0.1) is 0 Å². The molecule has 1 heteroatoms. The Kier molecular flexibility index (Phi) is 10.8. The van der Waals surface area contributed by atoms with Crippen molar-refractivity contribution >= 4 is 17.1 Å². The van der Waals surface area contributed by atoms with Crippen LogP contribution >= 0.6 is 0 Å². The zero-order valence-corrected chi connectivity index (χ0v) is 44.5. The van der Waals surface area contributed by atoms with Crippen LogP contribution in [0.1, 0.15) is 44.5 Å². The van der Waals surface area contributed by atoms with E-state index in [9.17, 15) is 0 Å². The lowest BCUT2D eigenvalue weighted by Gasteiger charge is -2.34. The van der Waals surface area contributed by atoms with Gasteiger partial charge in [0.05, 0.1) is 10.8 Å². The summed E-state index contributed by atoms with van der Waals surface area (Å²) in [7, 11) is 0. The molecule has 1 spiro atoms. The molecule has 0 aromatic heterocycles. The Balaban J connectivity index is 0.818. The van der Waals surface area contributed by atoms with E-state index in [1.54, 1.807) is 0 Å². The Morgan fingerprint density at radius 1 is 0.185 bits per heavy atom. The molecule has 16 rings (SSSR count). The number of anilines is 3. The van der Waals surface area contributed by atoms with E-state index in [-0.39, 0.29) is 0 Å². The highest BCUT2D eigenvalue weighted by Gasteiger charge is 2.52. The Labute approximate surface area is 474 Å². The number of nitrogens with zero attached hydrogens (tertiary/aromatic N) is 1. The van der Waals surface area contributed by atoms with Crippen LogP contribution in [0.4, 0.5) is 17.1 Å². The summed E-state index contributed by atoms with van der Waals surface area (Å²) in [6.45, 7) is 0. The fraction of sp³-hybridized carbons (Fsp3) is 0.0250. The van der Waals surface area contributed by atoms with E-state index < -0.39 is 10.8 Å². The molecule has 378 valence electrons. The van der Waals surface area contributed by atoms with Crippen molar-refractivity contribution in [3.05, 3.63) is 366 Å². The van der Waals surface area contributed by atoms with Crippen LogP contribution in [0.3, 0.4) is 0 Å². The van der Waals surface area contributed by atoms with Gasteiger partial charge in [-0.2, -0.15) is 0 Å². The lowest BCUT2D eigenvalue weighted by Crippen LogP contribution is -2.28. The lowest BCUT2D eigenvalue weighted by atomic mass is 9.67. The van der Waals surface area contributed by atoms with Gasteiger partial charge in [0.15, 0.2) is 0 Å². The van der Waals surface area contributed by atoms with E-state index in [1.807, 2.05) is 0 Å². The third-order valence-electron chi connectivity index (χ3n) is 17.8. The average molecular weight is 1030 g/mol. The van der Waals surface area contributed by atoms with Gasteiger partial charge in [-0.05, 0) is 165 Å². The van der Waals surface area contributed by atoms with Crippen molar-refractivity contribution < 1.29 is 0 Å². The van der Waals surface area contributed by atoms with Crippen molar-refractivity contribution in [1.29, 1.82) is 0 Å². The molecule has 0 heterocycles. The predicted molar refractivity (Wildman–Crippen MR) is 336 cm³/mol. The van der Waals surface area contributed by atoms with Gasteiger partial charge in [0.25, 0.3) is 0 Å². The first-order chi connectivity index (χ1) is 40.2. The molecule has 0 bridgehead atoms. The Bertz CT molecular complexity index is 4490. The molecule has 0 amide bonds. The van der Waals surface area contributed by atoms with Crippen LogP contribution in [0.15, 0.2) is 322 Å². The molecule has 0 N–H and O–H groups in total. The molecule has 13 aromatic carbocycles. The highest BCUT2D eigenvalue weighted by atomic mass is 15.1. The SMILES string of the molecule is c1ccc(-c2ccc(N(c3ccc(-c4cccc5c4-c4ccccc4C5(c4ccccc4)c4ccccc4)cc3)c3ccc(-c4cccc5c4-c4ccccc4C54c5ccccc5-c5ccc(-c6ccccc6)cc54)cc3)cc2)cc1. The van der Waals surface area contributed by atoms with E-state index in [2.05, 4.69) is 326 Å². The van der Waals surface area contributed by atoms with E-state index in [4.69, 9.17) is 0 Å². The van der Waals surface area contributed by atoms with Crippen molar-refractivity contribution in [3.8, 4) is 77.9 Å². The Hall–Kier alpha value is -10.3. The minimum absolute atomic E-state index is 0.468. The smallest absolute Gasteiger partial charge is 0.0725 e. The highest BCUT2D eigenvalue weighted by Crippen LogP contribution is 2.65. The number of rotatable bonds is 9. The summed E-state index contributed by atoms with van der Waals surface area (Å²) in [5, 5.41) is 0. The summed E-state index contributed by atoms with van der Waals surface area (Å²) in [4.78, 5) is 2.40. The average Bonchev–Trinajstić information content (AvgIpc) is 2.58. The predicted octanol–water partition coefficient (Wildman–Crippen LogP) is 20.5. The molecule has 13 aromatic rings. The molecule has 1 nitrogen and oxygen atoms in total. The number of hydrogen-bond donors (Lipinski definition) is 0. The van der Waals surface area contributed by atoms with Gasteiger partial charge < -0.3 is 4.90 Å². The molecule has 0 saturated heterocycles. The Morgan fingerprint density at radius 2 is 0.506 bits per heavy atom. The quantitative estimate of drug-likeness (QED) is 0.139. The van der Waals surface area contributed by atoms with Crippen molar-refractivity contribution in [1.82, 2.24) is 0 Å². The van der Waals surface area contributed by atoms with E-state index in [1.165, 1.54) is 122 Å². The maximum atomic E-state index is 2.47. The number of hydrogen-bond acceptors (Lipinski definition) is 1. The van der Waals surface area contributed by atoms with Crippen LogP contribution in [-0.4, -0.2) is 0 Å². The van der Waals surface area contributed by atoms with Crippen molar-refractivity contribution in [3.63, 3.8) is 0 Å². The molecule has 3 aliphatic carbocycles. The first-order valence-electron chi connectivity index (χ1n) is 28.2. The zero-order valence-electron chi connectivity index (χ0n) is 44.5. The third-order valence-corrected chi connectivity index (χ3v) is 17.8. The molecule has 0 fully saturated rings. The van der Waals surface area contributed by atoms with Crippen molar-refractivity contribution in [2.75, 3.05) is 4.90 Å².